The normalized spacial score (nSPS) is 17.1. The third-order valence-electron chi connectivity index (χ3n) is 5.70. The fourth-order valence-electron chi connectivity index (χ4n) is 4.08. The van der Waals surface area contributed by atoms with E-state index in [-0.39, 0.29) is 33.5 Å². The largest absolute Gasteiger partial charge is 0.506 e. The van der Waals surface area contributed by atoms with Crippen molar-refractivity contribution in [1.82, 2.24) is 4.98 Å². The SMILES string of the molecule is COc1cccc(OC)c1/C(O)=C1\C(=O)C(=O)N(c2nc3ccc([N+](=O)[O-])cc3s2)C1c1cccs1. The zero-order valence-electron chi connectivity index (χ0n) is 18.8. The number of carbonyl (C=O) groups excluding carboxylic acids is 2. The van der Waals surface area contributed by atoms with Gasteiger partial charge in [0.25, 0.3) is 11.5 Å². The number of aliphatic hydroxyl groups is 1. The molecule has 2 aromatic carbocycles. The second kappa shape index (κ2) is 9.06. The molecule has 1 aliphatic heterocycles. The van der Waals surface area contributed by atoms with Crippen LogP contribution in [0.2, 0.25) is 0 Å². The molecule has 4 aromatic rings. The molecule has 182 valence electrons. The van der Waals surface area contributed by atoms with Gasteiger partial charge in [-0.25, -0.2) is 4.98 Å². The average Bonchev–Trinajstić information content (AvgIpc) is 3.61. The lowest BCUT2D eigenvalue weighted by molar-refractivity contribution is -0.384. The Hall–Kier alpha value is -4.29. The number of aromatic nitrogens is 1. The Bertz CT molecular complexity index is 1540. The van der Waals surface area contributed by atoms with Crippen molar-refractivity contribution in [2.24, 2.45) is 0 Å². The lowest BCUT2D eigenvalue weighted by Gasteiger charge is -2.22. The van der Waals surface area contributed by atoms with Gasteiger partial charge in [-0.1, -0.05) is 23.5 Å². The number of ether oxygens (including phenoxy) is 2. The van der Waals surface area contributed by atoms with E-state index in [0.29, 0.717) is 15.1 Å². The summed E-state index contributed by atoms with van der Waals surface area (Å²) >= 11 is 2.35. The highest BCUT2D eigenvalue weighted by atomic mass is 32.1. The summed E-state index contributed by atoms with van der Waals surface area (Å²) in [5.74, 6) is -1.70. The van der Waals surface area contributed by atoms with Crippen molar-refractivity contribution in [3.8, 4) is 11.5 Å². The first-order valence-electron chi connectivity index (χ1n) is 10.5. The Morgan fingerprint density at radius 1 is 1.11 bits per heavy atom. The first-order chi connectivity index (χ1) is 17.3. The molecule has 1 fully saturated rings. The average molecular weight is 524 g/mol. The summed E-state index contributed by atoms with van der Waals surface area (Å²) in [6, 6.07) is 11.6. The molecule has 1 amide bonds. The third kappa shape index (κ3) is 3.67. The highest BCUT2D eigenvalue weighted by molar-refractivity contribution is 7.22. The Kier molecular flexibility index (Phi) is 5.90. The van der Waals surface area contributed by atoms with Crippen LogP contribution in [0.15, 0.2) is 59.5 Å². The number of thiazole rings is 1. The first kappa shape index (κ1) is 23.5. The Balaban J connectivity index is 1.73. The van der Waals surface area contributed by atoms with Gasteiger partial charge >= 0.3 is 5.91 Å². The van der Waals surface area contributed by atoms with Gasteiger partial charge in [-0.05, 0) is 29.6 Å². The van der Waals surface area contributed by atoms with E-state index in [0.717, 1.165) is 11.3 Å². The lowest BCUT2D eigenvalue weighted by Crippen LogP contribution is -2.28. The van der Waals surface area contributed by atoms with Crippen molar-refractivity contribution in [1.29, 1.82) is 0 Å². The maximum atomic E-state index is 13.4. The zero-order chi connectivity index (χ0) is 25.6. The predicted molar refractivity (Wildman–Crippen MR) is 135 cm³/mol. The first-order valence-corrected chi connectivity index (χ1v) is 12.2. The molecule has 36 heavy (non-hydrogen) atoms. The fraction of sp³-hybridized carbons (Fsp3) is 0.125. The topological polar surface area (TPSA) is 132 Å². The number of Topliss-reactive ketones (excluding diaryl/α,β-unsaturated/α-hetero) is 1. The van der Waals surface area contributed by atoms with Crippen LogP contribution in [0.3, 0.4) is 0 Å². The molecule has 12 heteroatoms. The molecule has 2 aromatic heterocycles. The molecule has 1 aliphatic rings. The van der Waals surface area contributed by atoms with E-state index < -0.39 is 28.4 Å². The number of nitro benzene ring substituents is 1. The number of ketones is 1. The van der Waals surface area contributed by atoms with E-state index in [1.807, 2.05) is 0 Å². The highest BCUT2D eigenvalue weighted by Gasteiger charge is 2.49. The number of carbonyl (C=O) groups is 2. The number of non-ortho nitro benzene ring substituents is 1. The molecule has 3 heterocycles. The summed E-state index contributed by atoms with van der Waals surface area (Å²) < 4.78 is 11.3. The van der Waals surface area contributed by atoms with E-state index in [9.17, 15) is 24.8 Å². The molecule has 1 atom stereocenters. The van der Waals surface area contributed by atoms with Gasteiger partial charge in [-0.3, -0.25) is 24.6 Å². The second-order valence-corrected chi connectivity index (χ2v) is 9.62. The molecule has 0 bridgehead atoms. The van der Waals surface area contributed by atoms with Gasteiger partial charge in [-0.2, -0.15) is 0 Å². The number of aliphatic hydroxyl groups excluding tert-OH is 1. The van der Waals surface area contributed by atoms with E-state index in [1.165, 1.54) is 48.7 Å². The van der Waals surface area contributed by atoms with Crippen molar-refractivity contribution >= 4 is 61.2 Å². The van der Waals surface area contributed by atoms with Crippen molar-refractivity contribution in [3.05, 3.63) is 80.0 Å². The van der Waals surface area contributed by atoms with Crippen LogP contribution < -0.4 is 14.4 Å². The Morgan fingerprint density at radius 2 is 1.83 bits per heavy atom. The minimum Gasteiger partial charge on any atom is -0.506 e. The number of thiophene rings is 1. The molecule has 1 N–H and O–H groups in total. The van der Waals surface area contributed by atoms with E-state index in [2.05, 4.69) is 4.98 Å². The van der Waals surface area contributed by atoms with Gasteiger partial charge in [0.1, 0.15) is 28.9 Å². The summed E-state index contributed by atoms with van der Waals surface area (Å²) in [5.41, 5.74) is 0.328. The monoisotopic (exact) mass is 523 g/mol. The molecule has 0 aliphatic carbocycles. The number of hydrogen-bond acceptors (Lipinski definition) is 10. The number of benzene rings is 2. The van der Waals surface area contributed by atoms with Crippen molar-refractivity contribution in [2.45, 2.75) is 6.04 Å². The highest BCUT2D eigenvalue weighted by Crippen LogP contribution is 2.47. The van der Waals surface area contributed by atoms with Crippen LogP contribution in [0.25, 0.3) is 16.0 Å². The molecule has 5 rings (SSSR count). The van der Waals surface area contributed by atoms with Crippen LogP contribution in [0.5, 0.6) is 11.5 Å². The molecular formula is C24H17N3O7S2. The van der Waals surface area contributed by atoms with Crippen LogP contribution in [0.4, 0.5) is 10.8 Å². The minimum atomic E-state index is -0.977. The summed E-state index contributed by atoms with van der Waals surface area (Å²) in [4.78, 5) is 43.7. The van der Waals surface area contributed by atoms with Gasteiger partial charge in [0.05, 0.1) is 34.9 Å². The second-order valence-electron chi connectivity index (χ2n) is 7.63. The summed E-state index contributed by atoms with van der Waals surface area (Å²) in [6.07, 6.45) is 0. The van der Waals surface area contributed by atoms with E-state index in [1.54, 1.807) is 35.7 Å². The van der Waals surface area contributed by atoms with Crippen LogP contribution in [0.1, 0.15) is 16.5 Å². The lowest BCUT2D eigenvalue weighted by atomic mass is 9.99. The van der Waals surface area contributed by atoms with Gasteiger partial charge in [0.15, 0.2) is 5.13 Å². The van der Waals surface area contributed by atoms with Gasteiger partial charge in [0, 0.05) is 17.0 Å². The third-order valence-corrected chi connectivity index (χ3v) is 7.64. The van der Waals surface area contributed by atoms with Crippen molar-refractivity contribution in [3.63, 3.8) is 0 Å². The minimum absolute atomic E-state index is 0.113. The summed E-state index contributed by atoms with van der Waals surface area (Å²) in [5, 5.41) is 24.6. The fourth-order valence-corrected chi connectivity index (χ4v) is 5.93. The summed E-state index contributed by atoms with van der Waals surface area (Å²) in [6.45, 7) is 0. The molecule has 10 nitrogen and oxygen atoms in total. The van der Waals surface area contributed by atoms with Crippen LogP contribution in [-0.4, -0.2) is 40.9 Å². The number of fused-ring (bicyclic) bond motifs is 1. The van der Waals surface area contributed by atoms with Gasteiger partial charge in [0.2, 0.25) is 0 Å². The molecule has 0 radical (unpaired) electrons. The molecule has 0 spiro atoms. The molecule has 1 unspecified atom stereocenters. The molecular weight excluding hydrogens is 506 g/mol. The van der Waals surface area contributed by atoms with Crippen molar-refractivity contribution in [2.75, 3.05) is 19.1 Å². The number of amides is 1. The van der Waals surface area contributed by atoms with Gasteiger partial charge < -0.3 is 14.6 Å². The number of hydrogen-bond donors (Lipinski definition) is 1. The maximum absolute atomic E-state index is 13.4. The van der Waals surface area contributed by atoms with E-state index >= 15 is 0 Å². The quantitative estimate of drug-likeness (QED) is 0.124. The number of anilines is 1. The predicted octanol–water partition coefficient (Wildman–Crippen LogP) is 4.91. The van der Waals surface area contributed by atoms with Crippen LogP contribution in [-0.2, 0) is 9.59 Å². The van der Waals surface area contributed by atoms with Gasteiger partial charge in [-0.15, -0.1) is 11.3 Å². The summed E-state index contributed by atoms with van der Waals surface area (Å²) in [7, 11) is 2.84. The number of rotatable bonds is 6. The van der Waals surface area contributed by atoms with Crippen molar-refractivity contribution < 1.29 is 29.1 Å². The van der Waals surface area contributed by atoms with Crippen LogP contribution in [0, 0.1) is 10.1 Å². The standard InChI is InChI=1S/C24H17N3O7S2/c1-33-14-5-3-6-15(34-2)18(14)21(28)19-20(16-7-4-10-35-16)26(23(30)22(19)29)24-25-13-9-8-12(27(31)32)11-17(13)36-24/h3-11,20,28H,1-2H3/b21-19+. The smallest absolute Gasteiger partial charge is 0.301 e. The van der Waals surface area contributed by atoms with E-state index in [4.69, 9.17) is 9.47 Å². The Morgan fingerprint density at radius 3 is 2.44 bits per heavy atom. The number of nitrogens with zero attached hydrogens (tertiary/aromatic N) is 3. The number of methoxy groups -OCH3 is 2. The Labute approximate surface area is 211 Å². The van der Waals surface area contributed by atoms with Crippen LogP contribution >= 0.6 is 22.7 Å². The number of nitro groups is 1. The zero-order valence-corrected chi connectivity index (χ0v) is 20.5. The maximum Gasteiger partial charge on any atom is 0.301 e. The molecule has 1 saturated heterocycles. The molecule has 0 saturated carbocycles.